The Bertz CT molecular complexity index is 2090. The van der Waals surface area contributed by atoms with Crippen molar-refractivity contribution in [3.8, 4) is 22.3 Å². The molecule has 0 heterocycles. The predicted molar refractivity (Wildman–Crippen MR) is 226 cm³/mol. The van der Waals surface area contributed by atoms with Gasteiger partial charge in [0.2, 0.25) is 0 Å². The molecule has 1 aliphatic rings. The fraction of sp³-hybridized carbons (Fsp3) is 0.294. The molecule has 6 aromatic carbocycles. The molecule has 0 aliphatic heterocycles. The van der Waals surface area contributed by atoms with E-state index in [9.17, 15) is 0 Å². The molecule has 6 aromatic rings. The fourth-order valence-electron chi connectivity index (χ4n) is 6.80. The topological polar surface area (TPSA) is 0 Å². The van der Waals surface area contributed by atoms with Crippen molar-refractivity contribution < 1.29 is 49.0 Å². The second kappa shape index (κ2) is 18.6. The van der Waals surface area contributed by atoms with E-state index in [0.717, 1.165) is 0 Å². The fourth-order valence-corrected chi connectivity index (χ4v) is 7.21. The molecule has 0 saturated carbocycles. The van der Waals surface area contributed by atoms with Crippen LogP contribution in [0.5, 0.6) is 0 Å². The molecule has 0 fully saturated rings. The van der Waals surface area contributed by atoms with Crippen molar-refractivity contribution in [1.29, 1.82) is 0 Å². The molecule has 54 heavy (non-hydrogen) atoms. The van der Waals surface area contributed by atoms with E-state index < -0.39 is 0 Å². The van der Waals surface area contributed by atoms with Crippen LogP contribution in [-0.4, -0.2) is 3.21 Å². The average molecular weight is 831 g/mol. The minimum Gasteiger partial charge on any atom is -1.00 e. The third-order valence-corrected chi connectivity index (χ3v) is 10.5. The monoisotopic (exact) mass is 828 g/mol. The molecule has 0 radical (unpaired) electrons. The summed E-state index contributed by atoms with van der Waals surface area (Å²) in [5.74, 6) is 0.522. The van der Waals surface area contributed by atoms with Crippen molar-refractivity contribution in [3.63, 3.8) is 0 Å². The molecular formula is C51H56Cl2Zr-2. The van der Waals surface area contributed by atoms with Crippen LogP contribution in [0.25, 0.3) is 43.8 Å². The Balaban J connectivity index is 0.000000306. The van der Waals surface area contributed by atoms with Gasteiger partial charge in [0.25, 0.3) is 0 Å². The van der Waals surface area contributed by atoms with Gasteiger partial charge < -0.3 is 24.8 Å². The van der Waals surface area contributed by atoms with E-state index in [2.05, 4.69) is 210 Å². The maximum atomic E-state index is 3.26. The van der Waals surface area contributed by atoms with E-state index >= 15 is 0 Å². The average Bonchev–Trinajstić information content (AvgIpc) is 3.71. The molecule has 0 spiro atoms. The standard InChI is InChI=1S/C33H33.C10H15.C8H8.2ClH.Zr/c1-32(2,3)30-20-26-24(18-28(30)22-13-9-7-10-14-22)17-25-19-29(23-15-11-8-12-16-23)31(21-27(25)26)33(4,5)6;1-8-5-6-9(7-8)10(2,3)4;1-2-8-6-4-3-5-7-8;;;/h7-21H,1-6H3;6-8H,1-4H3;3-7H,1H3;2*1H;/q2*-1;;;;+2/p-2. The van der Waals surface area contributed by atoms with Gasteiger partial charge in [0.15, 0.2) is 0 Å². The molecule has 1 unspecified atom stereocenters. The summed E-state index contributed by atoms with van der Waals surface area (Å²) in [6.07, 6.45) is 7.65. The molecule has 0 bridgehead atoms. The first kappa shape index (κ1) is 45.2. The Morgan fingerprint density at radius 1 is 0.574 bits per heavy atom. The largest absolute Gasteiger partial charge is 1.00 e. The molecule has 0 N–H and O–H groups in total. The van der Waals surface area contributed by atoms with Gasteiger partial charge in [-0.1, -0.05) is 153 Å². The van der Waals surface area contributed by atoms with Crippen molar-refractivity contribution in [3.05, 3.63) is 162 Å². The second-order valence-electron chi connectivity index (χ2n) is 17.3. The third kappa shape index (κ3) is 11.2. The second-order valence-corrected chi connectivity index (χ2v) is 19.2. The van der Waals surface area contributed by atoms with Crippen LogP contribution in [0.1, 0.15) is 92.9 Å². The number of rotatable bonds is 3. The molecular weight excluding hydrogens is 775 g/mol. The Morgan fingerprint density at radius 2 is 0.963 bits per heavy atom. The van der Waals surface area contributed by atoms with Crippen molar-refractivity contribution >= 4 is 24.8 Å². The summed E-state index contributed by atoms with van der Waals surface area (Å²) in [6.45, 7) is 24.9. The molecule has 0 amide bonds. The summed E-state index contributed by atoms with van der Waals surface area (Å²) in [5, 5.41) is 5.36. The zero-order valence-corrected chi connectivity index (χ0v) is 38.0. The van der Waals surface area contributed by atoms with E-state index in [1.54, 1.807) is 0 Å². The van der Waals surface area contributed by atoms with Gasteiger partial charge in [0.1, 0.15) is 0 Å². The molecule has 7 rings (SSSR count). The van der Waals surface area contributed by atoms with Gasteiger partial charge in [-0.2, -0.15) is 11.6 Å². The maximum Gasteiger partial charge on any atom is -1.00 e. The van der Waals surface area contributed by atoms with E-state index in [4.69, 9.17) is 0 Å². The quantitative estimate of drug-likeness (QED) is 0.157. The van der Waals surface area contributed by atoms with Crippen LogP contribution in [0.15, 0.2) is 139 Å². The Kier molecular flexibility index (Phi) is 15.6. The number of allylic oxidation sites excluding steroid dienone is 4. The first-order chi connectivity index (χ1) is 24.4. The van der Waals surface area contributed by atoms with Crippen LogP contribution < -0.4 is 24.8 Å². The normalized spacial score (nSPS) is 13.9. The van der Waals surface area contributed by atoms with E-state index in [1.807, 2.05) is 6.07 Å². The smallest absolute Gasteiger partial charge is 1.00 e. The van der Waals surface area contributed by atoms with E-state index in [-0.39, 0.29) is 35.6 Å². The van der Waals surface area contributed by atoms with Crippen LogP contribution >= 0.6 is 0 Å². The maximum absolute atomic E-state index is 3.26. The number of hydrogen-bond donors (Lipinski definition) is 0. The molecule has 0 nitrogen and oxygen atoms in total. The summed E-state index contributed by atoms with van der Waals surface area (Å²) in [6, 6.07) is 44.2. The van der Waals surface area contributed by atoms with Gasteiger partial charge in [-0.3, -0.25) is 6.08 Å². The zero-order chi connectivity index (χ0) is 37.8. The van der Waals surface area contributed by atoms with Crippen molar-refractivity contribution in [2.45, 2.75) is 87.0 Å². The summed E-state index contributed by atoms with van der Waals surface area (Å²) >= 11 is 1.51. The zero-order valence-electron chi connectivity index (χ0n) is 34.0. The van der Waals surface area contributed by atoms with Crippen LogP contribution in [0, 0.1) is 17.4 Å². The minimum atomic E-state index is 0. The first-order valence-electron chi connectivity index (χ1n) is 18.7. The van der Waals surface area contributed by atoms with Gasteiger partial charge in [0.05, 0.1) is 0 Å². The molecule has 0 saturated heterocycles. The molecule has 1 atom stereocenters. The number of fused-ring (bicyclic) bond motifs is 3. The van der Waals surface area contributed by atoms with E-state index in [0.29, 0.717) is 11.3 Å². The summed E-state index contributed by atoms with van der Waals surface area (Å²) in [7, 11) is 0. The Hall–Kier alpha value is -3.22. The summed E-state index contributed by atoms with van der Waals surface area (Å²) in [5.41, 5.74) is 11.3. The Morgan fingerprint density at radius 3 is 1.24 bits per heavy atom. The van der Waals surface area contributed by atoms with Gasteiger partial charge in [-0.05, 0) is 44.2 Å². The van der Waals surface area contributed by atoms with Crippen LogP contribution in [-0.2, 0) is 35.1 Å². The van der Waals surface area contributed by atoms with Crippen LogP contribution in [0.2, 0.25) is 0 Å². The van der Waals surface area contributed by atoms with Crippen molar-refractivity contribution in [1.82, 2.24) is 0 Å². The predicted octanol–water partition coefficient (Wildman–Crippen LogP) is 8.39. The van der Waals surface area contributed by atoms with Gasteiger partial charge in [-0.15, -0.1) is 39.7 Å². The van der Waals surface area contributed by atoms with Crippen LogP contribution in [0.3, 0.4) is 0 Å². The van der Waals surface area contributed by atoms with Gasteiger partial charge >= 0.3 is 70.3 Å². The van der Waals surface area contributed by atoms with E-state index in [1.165, 1.54) is 93.5 Å². The molecule has 280 valence electrons. The number of benzene rings is 5. The Labute approximate surface area is 353 Å². The third-order valence-electron chi connectivity index (χ3n) is 9.77. The van der Waals surface area contributed by atoms with Crippen LogP contribution in [0.4, 0.5) is 0 Å². The van der Waals surface area contributed by atoms with Crippen molar-refractivity contribution in [2.75, 3.05) is 0 Å². The van der Waals surface area contributed by atoms with Crippen molar-refractivity contribution in [2.24, 2.45) is 11.3 Å². The summed E-state index contributed by atoms with van der Waals surface area (Å²) in [4.78, 5) is 0. The van der Waals surface area contributed by atoms with Gasteiger partial charge in [0, 0.05) is 0 Å². The molecule has 0 aromatic heterocycles. The number of halogens is 2. The summed E-state index contributed by atoms with van der Waals surface area (Å²) < 4.78 is 1.46. The molecule has 1 aliphatic carbocycles. The molecule has 3 heteroatoms. The van der Waals surface area contributed by atoms with Gasteiger partial charge in [-0.25, -0.2) is 6.08 Å². The minimum absolute atomic E-state index is 0. The SMILES string of the molecule is CC(C)(C)c1cc2c(cc1-c1ccccc1)[cH-]c1cc(-c3ccccc3)c(C(C)(C)C)cc12.CC1[C-]=CC(C(C)(C)C)=C1.C[C](=[Zr+2])c1ccccc1.[Cl-].[Cl-]. The first-order valence-corrected chi connectivity index (χ1v) is 19.9. The number of hydrogen-bond acceptors (Lipinski definition) is 0.